The molecule has 1 N–H and O–H groups in total. The second kappa shape index (κ2) is 5.11. The first-order valence-corrected chi connectivity index (χ1v) is 6.52. The van der Waals surface area contributed by atoms with Gasteiger partial charge in [0.1, 0.15) is 0 Å². The molecule has 1 saturated heterocycles. The smallest absolute Gasteiger partial charge is 0.311 e. The Kier molecular flexibility index (Phi) is 3.71. The SMILES string of the molecule is CCOC(=O)C1CNCC1(C)c1ccc(C)cc1. The van der Waals surface area contributed by atoms with Gasteiger partial charge >= 0.3 is 5.97 Å². The molecule has 0 spiro atoms. The second-order valence-electron chi connectivity index (χ2n) is 5.22. The molecule has 98 valence electrons. The van der Waals surface area contributed by atoms with E-state index in [-0.39, 0.29) is 17.3 Å². The van der Waals surface area contributed by atoms with Crippen LogP contribution in [0.1, 0.15) is 25.0 Å². The molecule has 1 aliphatic heterocycles. The normalized spacial score (nSPS) is 27.2. The summed E-state index contributed by atoms with van der Waals surface area (Å²) >= 11 is 0. The molecule has 3 nitrogen and oxygen atoms in total. The van der Waals surface area contributed by atoms with Gasteiger partial charge in [-0.3, -0.25) is 4.79 Å². The van der Waals surface area contributed by atoms with Crippen molar-refractivity contribution in [2.45, 2.75) is 26.2 Å². The van der Waals surface area contributed by atoms with Crippen molar-refractivity contribution in [3.05, 3.63) is 35.4 Å². The highest BCUT2D eigenvalue weighted by Gasteiger charge is 2.45. The lowest BCUT2D eigenvalue weighted by Gasteiger charge is -2.29. The number of aryl methyl sites for hydroxylation is 1. The van der Waals surface area contributed by atoms with Crippen LogP contribution in [0.3, 0.4) is 0 Å². The molecule has 0 bridgehead atoms. The maximum atomic E-state index is 12.0. The van der Waals surface area contributed by atoms with Crippen molar-refractivity contribution in [3.8, 4) is 0 Å². The maximum Gasteiger partial charge on any atom is 0.311 e. The van der Waals surface area contributed by atoms with Crippen LogP contribution in [0.2, 0.25) is 0 Å². The molecule has 1 aromatic rings. The summed E-state index contributed by atoms with van der Waals surface area (Å²) in [5.74, 6) is -0.189. The van der Waals surface area contributed by atoms with E-state index in [9.17, 15) is 4.79 Å². The van der Waals surface area contributed by atoms with Gasteiger partial charge in [0.2, 0.25) is 0 Å². The largest absolute Gasteiger partial charge is 0.466 e. The highest BCUT2D eigenvalue weighted by Crippen LogP contribution is 2.36. The zero-order valence-corrected chi connectivity index (χ0v) is 11.3. The molecule has 2 unspecified atom stereocenters. The Bertz CT molecular complexity index is 427. The van der Waals surface area contributed by atoms with Crippen LogP contribution in [0.4, 0.5) is 0 Å². The lowest BCUT2D eigenvalue weighted by atomic mass is 9.74. The molecular weight excluding hydrogens is 226 g/mol. The van der Waals surface area contributed by atoms with Crippen molar-refractivity contribution >= 4 is 5.97 Å². The molecule has 0 saturated carbocycles. The lowest BCUT2D eigenvalue weighted by Crippen LogP contribution is -2.37. The number of carbonyl (C=O) groups is 1. The van der Waals surface area contributed by atoms with Crippen molar-refractivity contribution in [2.75, 3.05) is 19.7 Å². The summed E-state index contributed by atoms with van der Waals surface area (Å²) in [6.45, 7) is 8.02. The number of hydrogen-bond acceptors (Lipinski definition) is 3. The minimum atomic E-state index is -0.167. The number of benzene rings is 1. The number of nitrogens with one attached hydrogen (secondary N) is 1. The highest BCUT2D eigenvalue weighted by atomic mass is 16.5. The van der Waals surface area contributed by atoms with Crippen molar-refractivity contribution < 1.29 is 9.53 Å². The monoisotopic (exact) mass is 247 g/mol. The topological polar surface area (TPSA) is 38.3 Å². The minimum Gasteiger partial charge on any atom is -0.466 e. The summed E-state index contributed by atoms with van der Waals surface area (Å²) in [5, 5.41) is 3.31. The molecule has 0 radical (unpaired) electrons. The molecule has 3 heteroatoms. The number of esters is 1. The summed E-state index contributed by atoms with van der Waals surface area (Å²) < 4.78 is 5.19. The van der Waals surface area contributed by atoms with Crippen molar-refractivity contribution in [3.63, 3.8) is 0 Å². The lowest BCUT2D eigenvalue weighted by molar-refractivity contribution is -0.149. The standard InChI is InChI=1S/C15H21NO2/c1-4-18-14(17)13-9-16-10-15(13,3)12-7-5-11(2)6-8-12/h5-8,13,16H,4,9-10H2,1-3H3. The van der Waals surface area contributed by atoms with Crippen molar-refractivity contribution in [1.29, 1.82) is 0 Å². The van der Waals surface area contributed by atoms with E-state index in [0.29, 0.717) is 13.2 Å². The molecule has 1 aromatic carbocycles. The summed E-state index contributed by atoms with van der Waals surface area (Å²) in [5.41, 5.74) is 2.28. The van der Waals surface area contributed by atoms with E-state index in [2.05, 4.69) is 43.4 Å². The van der Waals surface area contributed by atoms with E-state index in [1.807, 2.05) is 6.92 Å². The summed E-state index contributed by atoms with van der Waals surface area (Å²) in [4.78, 5) is 12.0. The Balaban J connectivity index is 2.27. The molecule has 0 aromatic heterocycles. The molecule has 0 aliphatic carbocycles. The van der Waals surface area contributed by atoms with Crippen LogP contribution < -0.4 is 5.32 Å². The second-order valence-corrected chi connectivity index (χ2v) is 5.22. The van der Waals surface area contributed by atoms with E-state index < -0.39 is 0 Å². The van der Waals surface area contributed by atoms with Crippen LogP contribution in [-0.2, 0) is 14.9 Å². The Labute approximate surface area is 109 Å². The van der Waals surface area contributed by atoms with Gasteiger partial charge in [-0.25, -0.2) is 0 Å². The Morgan fingerprint density at radius 1 is 1.44 bits per heavy atom. The minimum absolute atomic E-state index is 0.0921. The predicted octanol–water partition coefficient (Wildman–Crippen LogP) is 2.04. The van der Waals surface area contributed by atoms with Gasteiger partial charge in [0.05, 0.1) is 12.5 Å². The van der Waals surface area contributed by atoms with Crippen LogP contribution in [-0.4, -0.2) is 25.7 Å². The van der Waals surface area contributed by atoms with Crippen LogP contribution in [0, 0.1) is 12.8 Å². The molecule has 1 aliphatic rings. The molecule has 0 amide bonds. The Morgan fingerprint density at radius 2 is 2.11 bits per heavy atom. The molecule has 1 fully saturated rings. The third-order valence-electron chi connectivity index (χ3n) is 3.89. The zero-order chi connectivity index (χ0) is 13.2. The van der Waals surface area contributed by atoms with Gasteiger partial charge in [-0.2, -0.15) is 0 Å². The van der Waals surface area contributed by atoms with Gasteiger partial charge in [0.15, 0.2) is 0 Å². The van der Waals surface area contributed by atoms with Gasteiger partial charge in [0, 0.05) is 18.5 Å². The Hall–Kier alpha value is -1.35. The van der Waals surface area contributed by atoms with E-state index in [1.165, 1.54) is 11.1 Å². The zero-order valence-electron chi connectivity index (χ0n) is 11.3. The fourth-order valence-electron chi connectivity index (χ4n) is 2.65. The van der Waals surface area contributed by atoms with Gasteiger partial charge in [-0.05, 0) is 19.4 Å². The first-order valence-electron chi connectivity index (χ1n) is 6.52. The average molecular weight is 247 g/mol. The van der Waals surface area contributed by atoms with Crippen molar-refractivity contribution in [1.82, 2.24) is 5.32 Å². The maximum absolute atomic E-state index is 12.0. The van der Waals surface area contributed by atoms with Gasteiger partial charge in [-0.1, -0.05) is 36.8 Å². The molecule has 1 heterocycles. The van der Waals surface area contributed by atoms with E-state index in [4.69, 9.17) is 4.74 Å². The third-order valence-corrected chi connectivity index (χ3v) is 3.89. The van der Waals surface area contributed by atoms with Gasteiger partial charge < -0.3 is 10.1 Å². The van der Waals surface area contributed by atoms with Crippen LogP contribution >= 0.6 is 0 Å². The summed E-state index contributed by atoms with van der Waals surface area (Å²) in [7, 11) is 0. The van der Waals surface area contributed by atoms with E-state index >= 15 is 0 Å². The average Bonchev–Trinajstić information content (AvgIpc) is 2.73. The fourth-order valence-corrected chi connectivity index (χ4v) is 2.65. The number of rotatable bonds is 3. The number of hydrogen-bond donors (Lipinski definition) is 1. The first kappa shape index (κ1) is 13.1. The van der Waals surface area contributed by atoms with Gasteiger partial charge in [0.25, 0.3) is 0 Å². The fraction of sp³-hybridized carbons (Fsp3) is 0.533. The first-order chi connectivity index (χ1) is 8.58. The predicted molar refractivity (Wildman–Crippen MR) is 71.5 cm³/mol. The van der Waals surface area contributed by atoms with Gasteiger partial charge in [-0.15, -0.1) is 0 Å². The quantitative estimate of drug-likeness (QED) is 0.831. The van der Waals surface area contributed by atoms with Crippen LogP contribution in [0.5, 0.6) is 0 Å². The van der Waals surface area contributed by atoms with E-state index in [0.717, 1.165) is 6.54 Å². The van der Waals surface area contributed by atoms with Crippen LogP contribution in [0.15, 0.2) is 24.3 Å². The summed E-state index contributed by atoms with van der Waals surface area (Å²) in [6.07, 6.45) is 0. The van der Waals surface area contributed by atoms with E-state index in [1.54, 1.807) is 0 Å². The third kappa shape index (κ3) is 2.27. The van der Waals surface area contributed by atoms with Crippen molar-refractivity contribution in [2.24, 2.45) is 5.92 Å². The Morgan fingerprint density at radius 3 is 2.72 bits per heavy atom. The number of ether oxygens (including phenoxy) is 1. The van der Waals surface area contributed by atoms with Crippen LogP contribution in [0.25, 0.3) is 0 Å². The molecule has 2 rings (SSSR count). The highest BCUT2D eigenvalue weighted by molar-refractivity contribution is 5.75. The molecular formula is C15H21NO2. The molecule has 2 atom stereocenters. The summed E-state index contributed by atoms with van der Waals surface area (Å²) in [6, 6.07) is 8.44. The number of carbonyl (C=O) groups excluding carboxylic acids is 1. The molecule has 18 heavy (non-hydrogen) atoms.